The summed E-state index contributed by atoms with van der Waals surface area (Å²) in [5.74, 6) is -0.490. The third kappa shape index (κ3) is 10.5. The number of hydrogen-bond donors (Lipinski definition) is 1. The minimum atomic E-state index is -3.62. The van der Waals surface area contributed by atoms with Gasteiger partial charge in [-0.1, -0.05) is 76.1 Å². The molecule has 3 rings (SSSR count). The van der Waals surface area contributed by atoms with E-state index in [0.29, 0.717) is 17.1 Å². The summed E-state index contributed by atoms with van der Waals surface area (Å²) in [5, 5.41) is 3.47. The fraction of sp³-hybridized carbons (Fsp3) is 0.355. The normalized spacial score (nSPS) is 12.4. The Bertz CT molecular complexity index is 1440. The van der Waals surface area contributed by atoms with E-state index in [9.17, 15) is 18.0 Å². The fourth-order valence-corrected chi connectivity index (χ4v) is 6.06. The van der Waals surface area contributed by atoms with Gasteiger partial charge >= 0.3 is 0 Å². The van der Waals surface area contributed by atoms with Crippen LogP contribution in [0.5, 0.6) is 0 Å². The van der Waals surface area contributed by atoms with Gasteiger partial charge in [0.2, 0.25) is 21.8 Å². The van der Waals surface area contributed by atoms with E-state index in [1.54, 1.807) is 29.2 Å². The van der Waals surface area contributed by atoms with Crippen molar-refractivity contribution in [3.05, 3.63) is 99.5 Å². The molecule has 0 saturated heterocycles. The molecule has 0 bridgehead atoms. The third-order valence-electron chi connectivity index (χ3n) is 6.26. The summed E-state index contributed by atoms with van der Waals surface area (Å²) >= 11 is 9.60. The van der Waals surface area contributed by atoms with Crippen LogP contribution in [0.25, 0.3) is 0 Å². The van der Waals surface area contributed by atoms with Crippen LogP contribution in [0.15, 0.2) is 83.3 Å². The zero-order valence-electron chi connectivity index (χ0n) is 23.8. The highest BCUT2D eigenvalue weighted by atomic mass is 79.9. The van der Waals surface area contributed by atoms with Crippen LogP contribution in [0.4, 0.5) is 5.69 Å². The van der Waals surface area contributed by atoms with Crippen LogP contribution >= 0.6 is 27.5 Å². The number of amides is 2. The molecule has 220 valence electrons. The second-order valence-electron chi connectivity index (χ2n) is 11.0. The first-order valence-electron chi connectivity index (χ1n) is 13.4. The maximum atomic E-state index is 13.9. The van der Waals surface area contributed by atoms with Crippen molar-refractivity contribution in [3.8, 4) is 0 Å². The first kappa shape index (κ1) is 32.6. The highest BCUT2D eigenvalue weighted by Gasteiger charge is 2.32. The van der Waals surface area contributed by atoms with Crippen LogP contribution in [0.3, 0.4) is 0 Å². The zero-order valence-corrected chi connectivity index (χ0v) is 27.0. The second kappa shape index (κ2) is 14.3. The largest absolute Gasteiger partial charge is 0.350 e. The van der Waals surface area contributed by atoms with Crippen molar-refractivity contribution in [1.82, 2.24) is 10.2 Å². The molecule has 1 N–H and O–H groups in total. The van der Waals surface area contributed by atoms with Gasteiger partial charge in [0.25, 0.3) is 0 Å². The monoisotopic (exact) mass is 661 g/mol. The molecule has 0 aliphatic heterocycles. The highest BCUT2D eigenvalue weighted by molar-refractivity contribution is 9.10. The van der Waals surface area contributed by atoms with Gasteiger partial charge in [0.05, 0.1) is 11.9 Å². The average Bonchev–Trinajstić information content (AvgIpc) is 2.87. The lowest BCUT2D eigenvalue weighted by atomic mass is 10.00. The minimum Gasteiger partial charge on any atom is -0.350 e. The Morgan fingerprint density at radius 1 is 0.951 bits per heavy atom. The van der Waals surface area contributed by atoms with E-state index < -0.39 is 21.6 Å². The summed E-state index contributed by atoms with van der Waals surface area (Å²) in [5.41, 5.74) is 1.73. The molecule has 0 saturated carbocycles. The number of anilines is 1. The molecule has 0 aromatic heterocycles. The van der Waals surface area contributed by atoms with Crippen molar-refractivity contribution >= 4 is 55.1 Å². The molecule has 0 heterocycles. The van der Waals surface area contributed by atoms with Crippen LogP contribution in [0, 0.1) is 0 Å². The Labute approximate surface area is 257 Å². The summed E-state index contributed by atoms with van der Waals surface area (Å²) in [6, 6.07) is 23.1. The number of nitrogens with zero attached hydrogens (tertiary/aromatic N) is 2. The van der Waals surface area contributed by atoms with E-state index in [1.807, 2.05) is 75.4 Å². The summed E-state index contributed by atoms with van der Waals surface area (Å²) in [6.07, 6.45) is 1.77. The lowest BCUT2D eigenvalue weighted by molar-refractivity contribution is -0.142. The fourth-order valence-electron chi connectivity index (χ4n) is 4.47. The summed E-state index contributed by atoms with van der Waals surface area (Å²) in [7, 11) is -3.62. The SMILES string of the molecule is CC(C)(C)NC(=O)[C@@H](Cc1ccccc1)N(Cc1cccc(Br)c1)C(=O)CCCN(c1cccc(Cl)c1)S(C)(=O)=O. The molecule has 2 amide bonds. The number of halogens is 2. The molecule has 3 aromatic carbocycles. The molecule has 7 nitrogen and oxygen atoms in total. The van der Waals surface area contributed by atoms with E-state index in [1.165, 1.54) is 4.31 Å². The zero-order chi connectivity index (χ0) is 30.2. The van der Waals surface area contributed by atoms with E-state index in [4.69, 9.17) is 11.6 Å². The molecule has 0 radical (unpaired) electrons. The third-order valence-corrected chi connectivity index (χ3v) is 8.18. The van der Waals surface area contributed by atoms with Gasteiger partial charge in [-0.25, -0.2) is 8.42 Å². The van der Waals surface area contributed by atoms with Crippen LogP contribution in [0.1, 0.15) is 44.7 Å². The van der Waals surface area contributed by atoms with E-state index >= 15 is 0 Å². The number of sulfonamides is 1. The number of carbonyl (C=O) groups excluding carboxylic acids is 2. The molecule has 10 heteroatoms. The Morgan fingerprint density at radius 2 is 1.61 bits per heavy atom. The number of nitrogens with one attached hydrogen (secondary N) is 1. The molecule has 0 unspecified atom stereocenters. The van der Waals surface area contributed by atoms with Crippen molar-refractivity contribution in [2.24, 2.45) is 0 Å². The molecule has 0 spiro atoms. The van der Waals surface area contributed by atoms with Gasteiger partial charge in [-0.15, -0.1) is 0 Å². The van der Waals surface area contributed by atoms with Crippen molar-refractivity contribution in [2.75, 3.05) is 17.1 Å². The van der Waals surface area contributed by atoms with Crippen LogP contribution < -0.4 is 9.62 Å². The number of rotatable bonds is 12. The molecular weight excluding hydrogens is 626 g/mol. The predicted molar refractivity (Wildman–Crippen MR) is 169 cm³/mol. The topological polar surface area (TPSA) is 86.8 Å². The highest BCUT2D eigenvalue weighted by Crippen LogP contribution is 2.23. The minimum absolute atomic E-state index is 0.0503. The van der Waals surface area contributed by atoms with Crippen molar-refractivity contribution in [1.29, 1.82) is 0 Å². The van der Waals surface area contributed by atoms with E-state index in [2.05, 4.69) is 21.2 Å². The van der Waals surface area contributed by atoms with E-state index in [-0.39, 0.29) is 37.7 Å². The Balaban J connectivity index is 1.90. The van der Waals surface area contributed by atoms with Crippen LogP contribution in [-0.4, -0.2) is 49.5 Å². The molecule has 0 fully saturated rings. The Kier molecular flexibility index (Phi) is 11.4. The summed E-state index contributed by atoms with van der Waals surface area (Å²) in [4.78, 5) is 29.2. The Hall–Kier alpha value is -2.88. The van der Waals surface area contributed by atoms with E-state index in [0.717, 1.165) is 21.9 Å². The first-order valence-corrected chi connectivity index (χ1v) is 16.4. The number of carbonyl (C=O) groups is 2. The maximum absolute atomic E-state index is 13.9. The van der Waals surface area contributed by atoms with Crippen molar-refractivity contribution in [3.63, 3.8) is 0 Å². The summed E-state index contributed by atoms with van der Waals surface area (Å²) in [6.45, 7) is 6.02. The molecular formula is C31H37BrClN3O4S. The quantitative estimate of drug-likeness (QED) is 0.250. The van der Waals surface area contributed by atoms with Gasteiger partial charge in [0, 0.05) is 41.0 Å². The molecule has 1 atom stereocenters. The lowest BCUT2D eigenvalue weighted by Crippen LogP contribution is -2.54. The lowest BCUT2D eigenvalue weighted by Gasteiger charge is -2.34. The van der Waals surface area contributed by atoms with Gasteiger partial charge in [0.1, 0.15) is 6.04 Å². The van der Waals surface area contributed by atoms with Crippen molar-refractivity contribution < 1.29 is 18.0 Å². The maximum Gasteiger partial charge on any atom is 0.243 e. The first-order chi connectivity index (χ1) is 19.2. The van der Waals surface area contributed by atoms with Gasteiger partial charge < -0.3 is 10.2 Å². The molecule has 41 heavy (non-hydrogen) atoms. The number of hydrogen-bond acceptors (Lipinski definition) is 4. The average molecular weight is 663 g/mol. The smallest absolute Gasteiger partial charge is 0.243 e. The predicted octanol–water partition coefficient (Wildman–Crippen LogP) is 6.20. The summed E-state index contributed by atoms with van der Waals surface area (Å²) < 4.78 is 27.3. The molecule has 0 aliphatic carbocycles. The van der Waals surface area contributed by atoms with Gasteiger partial charge in [0.15, 0.2) is 0 Å². The Morgan fingerprint density at radius 3 is 2.22 bits per heavy atom. The molecule has 3 aromatic rings. The van der Waals surface area contributed by atoms with Crippen LogP contribution in [-0.2, 0) is 32.6 Å². The standard InChI is InChI=1S/C31H37BrClN3O4S/c1-31(2,3)34-30(38)28(20-23-11-6-5-7-12-23)35(22-24-13-8-14-25(32)19-24)29(37)17-10-18-36(41(4,39)40)27-16-9-15-26(33)21-27/h5-9,11-16,19,21,28H,10,17-18,20,22H2,1-4H3,(H,34,38)/t28-/m1/s1. The van der Waals surface area contributed by atoms with Gasteiger partial charge in [-0.05, 0) is 68.7 Å². The van der Waals surface area contributed by atoms with Gasteiger partial charge in [-0.2, -0.15) is 0 Å². The second-order valence-corrected chi connectivity index (χ2v) is 14.3. The number of benzene rings is 3. The van der Waals surface area contributed by atoms with Gasteiger partial charge in [-0.3, -0.25) is 13.9 Å². The molecule has 0 aliphatic rings. The van der Waals surface area contributed by atoms with Crippen molar-refractivity contribution in [2.45, 2.75) is 58.2 Å². The van der Waals surface area contributed by atoms with Crippen LogP contribution in [0.2, 0.25) is 5.02 Å².